The van der Waals surface area contributed by atoms with Crippen molar-refractivity contribution in [1.82, 2.24) is 4.98 Å². The summed E-state index contributed by atoms with van der Waals surface area (Å²) < 4.78 is 10.7. The van der Waals surface area contributed by atoms with Crippen LogP contribution in [0.2, 0.25) is 0 Å². The number of ether oxygens (including phenoxy) is 1. The molecule has 0 spiro atoms. The molecule has 0 fully saturated rings. The number of hydrazone groups is 1. The Morgan fingerprint density at radius 1 is 1.46 bits per heavy atom. The number of oxazole rings is 1. The van der Waals surface area contributed by atoms with E-state index >= 15 is 0 Å². The molecule has 1 aromatic carbocycles. The number of methoxy groups -OCH3 is 1. The lowest BCUT2D eigenvalue weighted by molar-refractivity contribution is 0.373. The fourth-order valence-corrected chi connectivity index (χ4v) is 2.24. The fraction of sp³-hybridized carbons (Fsp3) is 0.353. The first-order chi connectivity index (χ1) is 11.6. The summed E-state index contributed by atoms with van der Waals surface area (Å²) in [6, 6.07) is 6.84. The zero-order valence-electron chi connectivity index (χ0n) is 13.9. The molecule has 0 aliphatic rings. The van der Waals surface area contributed by atoms with Crippen molar-refractivity contribution in [2.45, 2.75) is 32.6 Å². The SMILES string of the molecule is CCC(CC)c1nc(C#N)c(NN=Cc2ccc(O)c(OC)c2)o1. The summed E-state index contributed by atoms with van der Waals surface area (Å²) in [7, 11) is 1.47. The van der Waals surface area contributed by atoms with Gasteiger partial charge in [-0.2, -0.15) is 10.4 Å². The number of rotatable bonds is 7. The van der Waals surface area contributed by atoms with Crippen molar-refractivity contribution in [1.29, 1.82) is 5.26 Å². The third-order valence-corrected chi connectivity index (χ3v) is 3.67. The van der Waals surface area contributed by atoms with Crippen molar-refractivity contribution in [2.24, 2.45) is 5.10 Å². The lowest BCUT2D eigenvalue weighted by atomic mass is 10.0. The summed E-state index contributed by atoms with van der Waals surface area (Å²) in [5, 5.41) is 22.8. The number of hydrogen-bond acceptors (Lipinski definition) is 7. The Morgan fingerprint density at radius 3 is 2.83 bits per heavy atom. The molecule has 0 amide bonds. The van der Waals surface area contributed by atoms with Crippen LogP contribution >= 0.6 is 0 Å². The molecule has 7 nitrogen and oxygen atoms in total. The first-order valence-corrected chi connectivity index (χ1v) is 7.69. The number of anilines is 1. The maximum absolute atomic E-state index is 9.56. The lowest BCUT2D eigenvalue weighted by Gasteiger charge is -2.05. The second-order valence-corrected chi connectivity index (χ2v) is 5.16. The maximum Gasteiger partial charge on any atom is 0.252 e. The van der Waals surface area contributed by atoms with Crippen LogP contribution in [0.25, 0.3) is 0 Å². The van der Waals surface area contributed by atoms with E-state index in [1.165, 1.54) is 19.4 Å². The lowest BCUT2D eigenvalue weighted by Crippen LogP contribution is -1.95. The number of nitriles is 1. The highest BCUT2D eigenvalue weighted by Gasteiger charge is 2.18. The number of nitrogens with zero attached hydrogens (tertiary/aromatic N) is 3. The smallest absolute Gasteiger partial charge is 0.252 e. The van der Waals surface area contributed by atoms with Crippen molar-refractivity contribution in [3.63, 3.8) is 0 Å². The van der Waals surface area contributed by atoms with Gasteiger partial charge in [0.05, 0.1) is 13.3 Å². The number of phenols is 1. The molecule has 0 aliphatic heterocycles. The third kappa shape index (κ3) is 3.84. The van der Waals surface area contributed by atoms with Gasteiger partial charge in [-0.25, -0.2) is 10.4 Å². The van der Waals surface area contributed by atoms with Crippen molar-refractivity contribution in [3.8, 4) is 17.6 Å². The quantitative estimate of drug-likeness (QED) is 0.594. The molecular weight excluding hydrogens is 308 g/mol. The average molecular weight is 328 g/mol. The van der Waals surface area contributed by atoms with E-state index in [0.717, 1.165) is 18.4 Å². The summed E-state index contributed by atoms with van der Waals surface area (Å²) in [5.74, 6) is 1.35. The van der Waals surface area contributed by atoms with Crippen LogP contribution in [0.15, 0.2) is 27.7 Å². The molecular formula is C17H20N4O3. The fourth-order valence-electron chi connectivity index (χ4n) is 2.24. The van der Waals surface area contributed by atoms with Gasteiger partial charge in [0, 0.05) is 5.92 Å². The molecule has 126 valence electrons. The minimum atomic E-state index is 0.0550. The molecule has 2 rings (SSSR count). The van der Waals surface area contributed by atoms with Gasteiger partial charge in [0.2, 0.25) is 11.6 Å². The van der Waals surface area contributed by atoms with Crippen LogP contribution in [0.4, 0.5) is 5.88 Å². The van der Waals surface area contributed by atoms with Crippen LogP contribution in [-0.4, -0.2) is 23.4 Å². The standard InChI is InChI=1S/C17H20N4O3/c1-4-12(5-2)16-20-13(9-18)17(24-16)21-19-10-11-6-7-14(22)15(8-11)23-3/h6-8,10,12,21-22H,4-5H2,1-3H3. The van der Waals surface area contributed by atoms with Crippen LogP contribution in [0, 0.1) is 11.3 Å². The van der Waals surface area contributed by atoms with Gasteiger partial charge in [0.1, 0.15) is 6.07 Å². The third-order valence-electron chi connectivity index (χ3n) is 3.67. The van der Waals surface area contributed by atoms with Gasteiger partial charge in [0.25, 0.3) is 5.88 Å². The number of benzene rings is 1. The Labute approximate surface area is 140 Å². The van der Waals surface area contributed by atoms with Crippen molar-refractivity contribution in [2.75, 3.05) is 12.5 Å². The van der Waals surface area contributed by atoms with Gasteiger partial charge >= 0.3 is 0 Å². The molecule has 1 heterocycles. The Morgan fingerprint density at radius 2 is 2.21 bits per heavy atom. The van der Waals surface area contributed by atoms with E-state index in [4.69, 9.17) is 14.4 Å². The van der Waals surface area contributed by atoms with E-state index in [9.17, 15) is 5.11 Å². The molecule has 0 radical (unpaired) electrons. The summed E-state index contributed by atoms with van der Waals surface area (Å²) in [6.07, 6.45) is 3.30. The summed E-state index contributed by atoms with van der Waals surface area (Å²) >= 11 is 0. The maximum atomic E-state index is 9.56. The first kappa shape index (κ1) is 17.3. The van der Waals surface area contributed by atoms with Gasteiger partial charge in [-0.1, -0.05) is 13.8 Å². The zero-order chi connectivity index (χ0) is 17.5. The predicted molar refractivity (Wildman–Crippen MR) is 90.4 cm³/mol. The summed E-state index contributed by atoms with van der Waals surface area (Å²) in [6.45, 7) is 4.10. The Bertz CT molecular complexity index is 758. The van der Waals surface area contributed by atoms with Gasteiger partial charge in [-0.05, 0) is 36.6 Å². The van der Waals surface area contributed by atoms with Gasteiger partial charge in [-0.15, -0.1) is 0 Å². The van der Waals surface area contributed by atoms with Crippen LogP contribution in [0.1, 0.15) is 49.8 Å². The van der Waals surface area contributed by atoms with E-state index < -0.39 is 0 Å². The van der Waals surface area contributed by atoms with E-state index in [-0.39, 0.29) is 23.2 Å². The second-order valence-electron chi connectivity index (χ2n) is 5.16. The number of aromatic nitrogens is 1. The molecule has 0 unspecified atom stereocenters. The number of aromatic hydroxyl groups is 1. The van der Waals surface area contributed by atoms with Crippen molar-refractivity contribution >= 4 is 12.1 Å². The van der Waals surface area contributed by atoms with Crippen LogP contribution in [0.3, 0.4) is 0 Å². The molecule has 0 bridgehead atoms. The van der Waals surface area contributed by atoms with Gasteiger partial charge in [-0.3, -0.25) is 0 Å². The molecule has 0 atom stereocenters. The number of nitrogens with one attached hydrogen (secondary N) is 1. The minimum Gasteiger partial charge on any atom is -0.504 e. The first-order valence-electron chi connectivity index (χ1n) is 7.69. The second kappa shape index (κ2) is 8.02. The zero-order valence-corrected chi connectivity index (χ0v) is 13.9. The monoisotopic (exact) mass is 328 g/mol. The van der Waals surface area contributed by atoms with Gasteiger partial charge < -0.3 is 14.3 Å². The number of hydrogen-bond donors (Lipinski definition) is 2. The van der Waals surface area contributed by atoms with Crippen LogP contribution in [-0.2, 0) is 0 Å². The Kier molecular flexibility index (Phi) is 5.79. The molecule has 24 heavy (non-hydrogen) atoms. The molecule has 7 heteroatoms. The Balaban J connectivity index is 2.15. The predicted octanol–water partition coefficient (Wildman–Crippen LogP) is 3.61. The van der Waals surface area contributed by atoms with E-state index in [0.29, 0.717) is 11.6 Å². The number of phenolic OH excluding ortho intramolecular Hbond substituents is 1. The average Bonchev–Trinajstić information content (AvgIpc) is 3.00. The van der Waals surface area contributed by atoms with Crippen molar-refractivity contribution < 1.29 is 14.3 Å². The van der Waals surface area contributed by atoms with Crippen LogP contribution < -0.4 is 10.2 Å². The van der Waals surface area contributed by atoms with E-state index in [1.807, 2.05) is 19.9 Å². The van der Waals surface area contributed by atoms with E-state index in [1.54, 1.807) is 12.1 Å². The molecule has 0 saturated carbocycles. The molecule has 0 saturated heterocycles. The highest BCUT2D eigenvalue weighted by atomic mass is 16.5. The largest absolute Gasteiger partial charge is 0.504 e. The minimum absolute atomic E-state index is 0.0550. The highest BCUT2D eigenvalue weighted by molar-refractivity contribution is 5.81. The van der Waals surface area contributed by atoms with Gasteiger partial charge in [0.15, 0.2) is 11.5 Å². The molecule has 2 N–H and O–H groups in total. The summed E-state index contributed by atoms with van der Waals surface area (Å²) in [4.78, 5) is 4.22. The molecule has 1 aromatic heterocycles. The Hall–Kier alpha value is -3.01. The molecule has 2 aromatic rings. The summed E-state index contributed by atoms with van der Waals surface area (Å²) in [5.41, 5.74) is 3.60. The molecule has 0 aliphatic carbocycles. The van der Waals surface area contributed by atoms with Crippen LogP contribution in [0.5, 0.6) is 11.5 Å². The topological polar surface area (TPSA) is 104 Å². The van der Waals surface area contributed by atoms with E-state index in [2.05, 4.69) is 15.5 Å². The normalized spacial score (nSPS) is 11.0. The highest BCUT2D eigenvalue weighted by Crippen LogP contribution is 2.27. The van der Waals surface area contributed by atoms with Crippen molar-refractivity contribution in [3.05, 3.63) is 35.3 Å².